The first-order valence-corrected chi connectivity index (χ1v) is 5.06. The van der Waals surface area contributed by atoms with Crippen LogP contribution in [-0.2, 0) is 0 Å². The van der Waals surface area contributed by atoms with Gasteiger partial charge in [-0.05, 0) is 30.5 Å². The maximum atomic E-state index is 9.70. The molecule has 0 aliphatic heterocycles. The van der Waals surface area contributed by atoms with E-state index >= 15 is 0 Å². The molecule has 0 bridgehead atoms. The van der Waals surface area contributed by atoms with E-state index in [1.54, 1.807) is 12.1 Å². The minimum Gasteiger partial charge on any atom is -0.390 e. The largest absolute Gasteiger partial charge is 0.390 e. The van der Waals surface area contributed by atoms with Gasteiger partial charge in [-0.1, -0.05) is 30.7 Å². The molecule has 1 aromatic rings. The van der Waals surface area contributed by atoms with Gasteiger partial charge in [0, 0.05) is 5.02 Å². The number of aliphatic hydroxyl groups excluding tert-OH is 2. The van der Waals surface area contributed by atoms with Gasteiger partial charge in [0.1, 0.15) is 6.10 Å². The van der Waals surface area contributed by atoms with Crippen LogP contribution in [0.2, 0.25) is 5.02 Å². The summed E-state index contributed by atoms with van der Waals surface area (Å²) >= 11 is 5.91. The second-order valence-electron chi connectivity index (χ2n) is 3.43. The van der Waals surface area contributed by atoms with Crippen LogP contribution in [0.5, 0.6) is 0 Å². The van der Waals surface area contributed by atoms with E-state index in [9.17, 15) is 10.2 Å². The standard InChI is InChI=1S/C11H15ClO2/c1-3-10(13)11(14)8-5-4-7(2)9(12)6-8/h4-6,10-11,13-14H,3H2,1-2H3. The summed E-state index contributed by atoms with van der Waals surface area (Å²) in [6.07, 6.45) is -1.06. The van der Waals surface area contributed by atoms with Crippen molar-refractivity contribution >= 4 is 11.6 Å². The lowest BCUT2D eigenvalue weighted by Crippen LogP contribution is -2.16. The average molecular weight is 215 g/mol. The van der Waals surface area contributed by atoms with E-state index in [0.717, 1.165) is 5.56 Å². The van der Waals surface area contributed by atoms with Crippen molar-refractivity contribution in [1.29, 1.82) is 0 Å². The van der Waals surface area contributed by atoms with Gasteiger partial charge < -0.3 is 10.2 Å². The van der Waals surface area contributed by atoms with E-state index < -0.39 is 12.2 Å². The predicted octanol–water partition coefficient (Wildman–Crippen LogP) is 2.45. The normalized spacial score (nSPS) is 15.2. The van der Waals surface area contributed by atoms with Gasteiger partial charge in [0.25, 0.3) is 0 Å². The van der Waals surface area contributed by atoms with Gasteiger partial charge in [-0.25, -0.2) is 0 Å². The molecule has 0 aromatic heterocycles. The highest BCUT2D eigenvalue weighted by molar-refractivity contribution is 6.31. The molecule has 2 nitrogen and oxygen atoms in total. The van der Waals surface area contributed by atoms with Crippen LogP contribution in [0.4, 0.5) is 0 Å². The van der Waals surface area contributed by atoms with Crippen molar-refractivity contribution in [1.82, 2.24) is 0 Å². The molecule has 0 aliphatic rings. The summed E-state index contributed by atoms with van der Waals surface area (Å²) < 4.78 is 0. The third kappa shape index (κ3) is 2.47. The molecule has 0 spiro atoms. The van der Waals surface area contributed by atoms with Crippen molar-refractivity contribution in [3.05, 3.63) is 34.3 Å². The fourth-order valence-corrected chi connectivity index (χ4v) is 1.43. The SMILES string of the molecule is CCC(O)C(O)c1ccc(C)c(Cl)c1. The fraction of sp³-hybridized carbons (Fsp3) is 0.455. The number of benzene rings is 1. The Bertz CT molecular complexity index is 312. The lowest BCUT2D eigenvalue weighted by molar-refractivity contribution is 0.0165. The summed E-state index contributed by atoms with van der Waals surface area (Å²) in [5, 5.41) is 19.8. The van der Waals surface area contributed by atoms with Crippen LogP contribution in [0.3, 0.4) is 0 Å². The summed E-state index contributed by atoms with van der Waals surface area (Å²) in [6, 6.07) is 5.31. The summed E-state index contributed by atoms with van der Waals surface area (Å²) in [5.41, 5.74) is 1.63. The highest BCUT2D eigenvalue weighted by atomic mass is 35.5. The molecule has 78 valence electrons. The number of rotatable bonds is 3. The lowest BCUT2D eigenvalue weighted by Gasteiger charge is -2.16. The number of halogens is 1. The second-order valence-corrected chi connectivity index (χ2v) is 3.84. The van der Waals surface area contributed by atoms with Crippen LogP contribution in [0.1, 0.15) is 30.6 Å². The Hall–Kier alpha value is -0.570. The van der Waals surface area contributed by atoms with Gasteiger partial charge in [-0.3, -0.25) is 0 Å². The maximum absolute atomic E-state index is 9.70. The molecule has 2 atom stereocenters. The highest BCUT2D eigenvalue weighted by Crippen LogP contribution is 2.24. The first kappa shape index (κ1) is 11.5. The zero-order chi connectivity index (χ0) is 10.7. The Morgan fingerprint density at radius 2 is 2.00 bits per heavy atom. The lowest BCUT2D eigenvalue weighted by atomic mass is 10.0. The number of hydrogen-bond donors (Lipinski definition) is 2. The topological polar surface area (TPSA) is 40.5 Å². The van der Waals surface area contributed by atoms with E-state index in [2.05, 4.69) is 0 Å². The Labute approximate surface area is 89.1 Å². The van der Waals surface area contributed by atoms with E-state index in [4.69, 9.17) is 11.6 Å². The molecule has 0 radical (unpaired) electrons. The molecule has 0 aliphatic carbocycles. The summed E-state index contributed by atoms with van der Waals surface area (Å²) in [4.78, 5) is 0. The van der Waals surface area contributed by atoms with Crippen LogP contribution >= 0.6 is 11.6 Å². The van der Waals surface area contributed by atoms with Crippen molar-refractivity contribution in [3.8, 4) is 0 Å². The van der Waals surface area contributed by atoms with Gasteiger partial charge in [-0.15, -0.1) is 0 Å². The fourth-order valence-electron chi connectivity index (χ4n) is 1.24. The predicted molar refractivity (Wildman–Crippen MR) is 57.4 cm³/mol. The quantitative estimate of drug-likeness (QED) is 0.812. The molecular weight excluding hydrogens is 200 g/mol. The average Bonchev–Trinajstić information content (AvgIpc) is 2.20. The number of aliphatic hydroxyl groups is 2. The third-order valence-electron chi connectivity index (χ3n) is 2.32. The minimum atomic E-state index is -0.849. The third-order valence-corrected chi connectivity index (χ3v) is 2.73. The molecule has 2 unspecified atom stereocenters. The van der Waals surface area contributed by atoms with Crippen molar-refractivity contribution in [3.63, 3.8) is 0 Å². The number of aryl methyl sites for hydroxylation is 1. The Morgan fingerprint density at radius 1 is 1.36 bits per heavy atom. The van der Waals surface area contributed by atoms with Crippen molar-refractivity contribution < 1.29 is 10.2 Å². The Morgan fingerprint density at radius 3 is 2.50 bits per heavy atom. The molecule has 0 heterocycles. The molecule has 1 rings (SSSR count). The first-order valence-electron chi connectivity index (χ1n) is 4.68. The number of hydrogen-bond acceptors (Lipinski definition) is 2. The second kappa shape index (κ2) is 4.78. The maximum Gasteiger partial charge on any atom is 0.105 e. The zero-order valence-corrected chi connectivity index (χ0v) is 9.12. The van der Waals surface area contributed by atoms with Gasteiger partial charge in [-0.2, -0.15) is 0 Å². The molecule has 3 heteroatoms. The van der Waals surface area contributed by atoms with Gasteiger partial charge in [0.2, 0.25) is 0 Å². The van der Waals surface area contributed by atoms with Crippen LogP contribution in [0.25, 0.3) is 0 Å². The van der Waals surface area contributed by atoms with Crippen LogP contribution < -0.4 is 0 Å². The van der Waals surface area contributed by atoms with Crippen LogP contribution in [0, 0.1) is 6.92 Å². The van der Waals surface area contributed by atoms with E-state index in [-0.39, 0.29) is 0 Å². The molecule has 14 heavy (non-hydrogen) atoms. The molecular formula is C11H15ClO2. The zero-order valence-electron chi connectivity index (χ0n) is 8.37. The smallest absolute Gasteiger partial charge is 0.105 e. The molecule has 2 N–H and O–H groups in total. The minimum absolute atomic E-state index is 0.520. The highest BCUT2D eigenvalue weighted by Gasteiger charge is 2.16. The van der Waals surface area contributed by atoms with Gasteiger partial charge >= 0.3 is 0 Å². The molecule has 0 amide bonds. The van der Waals surface area contributed by atoms with Crippen molar-refractivity contribution in [2.45, 2.75) is 32.5 Å². The van der Waals surface area contributed by atoms with Crippen molar-refractivity contribution in [2.75, 3.05) is 0 Å². The molecule has 0 saturated carbocycles. The summed E-state index contributed by atoms with van der Waals surface area (Å²) in [6.45, 7) is 3.72. The van der Waals surface area contributed by atoms with E-state index in [1.165, 1.54) is 0 Å². The van der Waals surface area contributed by atoms with Crippen LogP contribution in [-0.4, -0.2) is 16.3 Å². The Kier molecular flexibility index (Phi) is 3.93. The Balaban J connectivity index is 2.91. The van der Waals surface area contributed by atoms with E-state index in [1.807, 2.05) is 19.9 Å². The van der Waals surface area contributed by atoms with Crippen LogP contribution in [0.15, 0.2) is 18.2 Å². The molecule has 1 aromatic carbocycles. The van der Waals surface area contributed by atoms with E-state index in [0.29, 0.717) is 17.0 Å². The molecule has 0 saturated heterocycles. The van der Waals surface area contributed by atoms with Crippen molar-refractivity contribution in [2.24, 2.45) is 0 Å². The monoisotopic (exact) mass is 214 g/mol. The summed E-state index contributed by atoms with van der Waals surface area (Å²) in [7, 11) is 0. The van der Waals surface area contributed by atoms with Gasteiger partial charge in [0.15, 0.2) is 0 Å². The summed E-state index contributed by atoms with van der Waals surface area (Å²) in [5.74, 6) is 0. The first-order chi connectivity index (χ1) is 6.56. The van der Waals surface area contributed by atoms with Gasteiger partial charge in [0.05, 0.1) is 6.10 Å². The molecule has 0 fully saturated rings.